The van der Waals surface area contributed by atoms with Gasteiger partial charge in [-0.05, 0) is 35.9 Å². The summed E-state index contributed by atoms with van der Waals surface area (Å²) < 4.78 is 20.3. The lowest BCUT2D eigenvalue weighted by molar-refractivity contribution is -0.138. The van der Waals surface area contributed by atoms with E-state index in [4.69, 9.17) is 16.3 Å². The van der Waals surface area contributed by atoms with E-state index in [0.717, 1.165) is 17.4 Å². The van der Waals surface area contributed by atoms with Crippen molar-refractivity contribution in [3.8, 4) is 5.75 Å². The van der Waals surface area contributed by atoms with Crippen LogP contribution in [0.3, 0.4) is 0 Å². The first-order valence-electron chi connectivity index (χ1n) is 10.6. The number of halogens is 2. The van der Waals surface area contributed by atoms with Crippen molar-refractivity contribution in [3.63, 3.8) is 0 Å². The molecule has 8 nitrogen and oxygen atoms in total. The molecule has 0 fully saturated rings. The molecule has 182 valence electrons. The highest BCUT2D eigenvalue weighted by atomic mass is 35.5. The summed E-state index contributed by atoms with van der Waals surface area (Å²) in [6.07, 6.45) is 0.0309. The highest BCUT2D eigenvalue weighted by molar-refractivity contribution is 7.16. The summed E-state index contributed by atoms with van der Waals surface area (Å²) in [4.78, 5) is 38.8. The Labute approximate surface area is 209 Å². The molecule has 1 aromatic heterocycles. The number of fused-ring (bicyclic) bond motifs is 1. The average Bonchev–Trinajstić information content (AvgIpc) is 3.25. The Bertz CT molecular complexity index is 1280. The van der Waals surface area contributed by atoms with Crippen molar-refractivity contribution in [1.82, 2.24) is 5.32 Å². The fourth-order valence-corrected chi connectivity index (χ4v) is 4.80. The number of aliphatic carboxylic acids is 1. The number of hydrogen-bond donors (Lipinski definition) is 3. The van der Waals surface area contributed by atoms with Gasteiger partial charge in [0, 0.05) is 30.2 Å². The summed E-state index contributed by atoms with van der Waals surface area (Å²) in [6.45, 7) is -0.0995. The van der Waals surface area contributed by atoms with Crippen LogP contribution in [0.5, 0.6) is 5.75 Å². The highest BCUT2D eigenvalue weighted by Gasteiger charge is 2.28. The molecule has 0 radical (unpaired) electrons. The zero-order valence-corrected chi connectivity index (χ0v) is 20.1. The van der Waals surface area contributed by atoms with Crippen molar-refractivity contribution in [2.75, 3.05) is 30.5 Å². The smallest absolute Gasteiger partial charge is 0.313 e. The number of nitrogens with zero attached hydrogens (tertiary/aromatic N) is 1. The molecule has 2 heterocycles. The molecule has 0 bridgehead atoms. The zero-order valence-electron chi connectivity index (χ0n) is 18.5. The van der Waals surface area contributed by atoms with Gasteiger partial charge in [-0.3, -0.25) is 19.3 Å². The van der Waals surface area contributed by atoms with Crippen molar-refractivity contribution in [2.24, 2.45) is 0 Å². The molecule has 35 heavy (non-hydrogen) atoms. The molecule has 2 amide bonds. The molecule has 3 N–H and O–H groups in total. The Morgan fingerprint density at radius 2 is 1.97 bits per heavy atom. The van der Waals surface area contributed by atoms with Gasteiger partial charge < -0.3 is 20.5 Å². The molecule has 0 aliphatic carbocycles. The van der Waals surface area contributed by atoms with E-state index in [2.05, 4.69) is 10.6 Å². The molecular weight excluding hydrogens is 497 g/mol. The molecular formula is C24H21ClFN3O5S. The Morgan fingerprint density at radius 3 is 2.60 bits per heavy atom. The van der Waals surface area contributed by atoms with Crippen molar-refractivity contribution in [1.29, 1.82) is 0 Å². The highest BCUT2D eigenvalue weighted by Crippen LogP contribution is 2.32. The summed E-state index contributed by atoms with van der Waals surface area (Å²) in [5.41, 5.74) is 1.56. The lowest BCUT2D eigenvalue weighted by atomic mass is 10.1. The average molecular weight is 518 g/mol. The van der Waals surface area contributed by atoms with Crippen molar-refractivity contribution in [2.45, 2.75) is 12.3 Å². The normalized spacial score (nSPS) is 13.6. The zero-order chi connectivity index (χ0) is 25.1. The van der Waals surface area contributed by atoms with E-state index in [-0.39, 0.29) is 36.9 Å². The van der Waals surface area contributed by atoms with Gasteiger partial charge in [0.25, 0.3) is 5.91 Å². The van der Waals surface area contributed by atoms with E-state index in [0.29, 0.717) is 26.2 Å². The van der Waals surface area contributed by atoms with Gasteiger partial charge in [-0.25, -0.2) is 4.39 Å². The molecule has 11 heteroatoms. The minimum absolute atomic E-state index is 0.0309. The minimum Gasteiger partial charge on any atom is -0.481 e. The Hall–Kier alpha value is -3.63. The molecule has 4 rings (SSSR count). The second-order valence-corrected chi connectivity index (χ2v) is 9.51. The van der Waals surface area contributed by atoms with Crippen LogP contribution in [0.25, 0.3) is 0 Å². The fourth-order valence-electron chi connectivity index (χ4n) is 3.64. The topological polar surface area (TPSA) is 108 Å². The van der Waals surface area contributed by atoms with E-state index in [1.807, 2.05) is 0 Å². The molecule has 0 saturated carbocycles. The second-order valence-electron chi connectivity index (χ2n) is 7.76. The first kappa shape index (κ1) is 24.5. The van der Waals surface area contributed by atoms with Crippen LogP contribution in [-0.4, -0.2) is 43.2 Å². The number of carbonyl (C=O) groups is 3. The van der Waals surface area contributed by atoms with Crippen molar-refractivity contribution < 1.29 is 28.6 Å². The standard InChI is InChI=1S/C24H21ClFN3O5S/c1-27-18-10-19-15(9-17(18)26)23(31)29(12-34-19)14-4-2-13(3-5-14)8-22(30)28-11-16(24(32)33)20-6-7-21(25)35-20/h2-7,9-10,16,27H,8,11-12H2,1H3,(H,28,30)(H,32,33). The fraction of sp³-hybridized carbons (Fsp3) is 0.208. The summed E-state index contributed by atoms with van der Waals surface area (Å²) in [7, 11) is 1.58. The SMILES string of the molecule is CNc1cc2c(cc1F)C(=O)N(c1ccc(CC(=O)NCC(C(=O)O)c3ccc(Cl)s3)cc1)CO2. The summed E-state index contributed by atoms with van der Waals surface area (Å²) in [5, 5.41) is 14.8. The Morgan fingerprint density at radius 1 is 1.23 bits per heavy atom. The van der Waals surface area contributed by atoms with Crippen LogP contribution < -0.4 is 20.3 Å². The van der Waals surface area contributed by atoms with Gasteiger partial charge in [0.15, 0.2) is 6.73 Å². The van der Waals surface area contributed by atoms with Crippen LogP contribution >= 0.6 is 22.9 Å². The molecule has 1 aliphatic rings. The predicted octanol–water partition coefficient (Wildman–Crippen LogP) is 4.11. The number of ether oxygens (including phenoxy) is 1. The third-order valence-corrected chi connectivity index (χ3v) is 6.86. The molecule has 1 aliphatic heterocycles. The molecule has 2 aromatic carbocycles. The lowest BCUT2D eigenvalue weighted by Gasteiger charge is -2.29. The third-order valence-electron chi connectivity index (χ3n) is 5.51. The number of nitrogens with one attached hydrogen (secondary N) is 2. The van der Waals surface area contributed by atoms with Crippen LogP contribution in [0.15, 0.2) is 48.5 Å². The Kier molecular flexibility index (Phi) is 7.23. The number of carboxylic acids is 1. The Balaban J connectivity index is 1.38. The second kappa shape index (κ2) is 10.3. The molecule has 1 unspecified atom stereocenters. The number of thiophene rings is 1. The predicted molar refractivity (Wildman–Crippen MR) is 131 cm³/mol. The van der Waals surface area contributed by atoms with E-state index in [9.17, 15) is 23.9 Å². The van der Waals surface area contributed by atoms with Crippen molar-refractivity contribution in [3.05, 3.63) is 74.7 Å². The molecule has 0 saturated heterocycles. The van der Waals surface area contributed by atoms with E-state index in [1.54, 1.807) is 43.4 Å². The minimum atomic E-state index is -1.05. The van der Waals surface area contributed by atoms with E-state index in [1.165, 1.54) is 11.0 Å². The summed E-state index contributed by atoms with van der Waals surface area (Å²) >= 11 is 7.05. The van der Waals surface area contributed by atoms with Crippen LogP contribution in [-0.2, 0) is 16.0 Å². The van der Waals surface area contributed by atoms with Gasteiger partial charge >= 0.3 is 5.97 Å². The van der Waals surface area contributed by atoms with Gasteiger partial charge in [-0.15, -0.1) is 11.3 Å². The van der Waals surface area contributed by atoms with Crippen LogP contribution in [0.4, 0.5) is 15.8 Å². The maximum absolute atomic E-state index is 14.1. The van der Waals surface area contributed by atoms with Crippen LogP contribution in [0, 0.1) is 5.82 Å². The first-order valence-corrected chi connectivity index (χ1v) is 11.8. The van der Waals surface area contributed by atoms with Gasteiger partial charge in [0.1, 0.15) is 17.5 Å². The maximum Gasteiger partial charge on any atom is 0.313 e. The molecule has 1 atom stereocenters. The third kappa shape index (κ3) is 5.39. The summed E-state index contributed by atoms with van der Waals surface area (Å²) in [5.74, 6) is -2.93. The molecule has 0 spiro atoms. The summed E-state index contributed by atoms with van der Waals surface area (Å²) in [6, 6.07) is 12.6. The number of amides is 2. The number of rotatable bonds is 8. The van der Waals surface area contributed by atoms with E-state index >= 15 is 0 Å². The van der Waals surface area contributed by atoms with Gasteiger partial charge in [-0.2, -0.15) is 0 Å². The van der Waals surface area contributed by atoms with Gasteiger partial charge in [0.2, 0.25) is 5.91 Å². The number of benzene rings is 2. The quantitative estimate of drug-likeness (QED) is 0.415. The number of carbonyl (C=O) groups excluding carboxylic acids is 2. The van der Waals surface area contributed by atoms with Crippen LogP contribution in [0.1, 0.15) is 26.7 Å². The van der Waals surface area contributed by atoms with Crippen LogP contribution in [0.2, 0.25) is 4.34 Å². The van der Waals surface area contributed by atoms with Gasteiger partial charge in [0.05, 0.1) is 22.0 Å². The monoisotopic (exact) mass is 517 g/mol. The first-order chi connectivity index (χ1) is 16.8. The van der Waals surface area contributed by atoms with Gasteiger partial charge in [-0.1, -0.05) is 23.7 Å². The number of anilines is 2. The molecule has 3 aromatic rings. The van der Waals surface area contributed by atoms with E-state index < -0.39 is 23.6 Å². The van der Waals surface area contributed by atoms with Crippen molar-refractivity contribution >= 4 is 52.1 Å². The number of carboxylic acid groups (broad SMARTS) is 1. The maximum atomic E-state index is 14.1. The number of hydrogen-bond acceptors (Lipinski definition) is 6. The largest absolute Gasteiger partial charge is 0.481 e. The lowest BCUT2D eigenvalue weighted by Crippen LogP contribution is -2.38.